The highest BCUT2D eigenvalue weighted by molar-refractivity contribution is 6.99. The molecule has 2 aromatic heterocycles. The number of anilines is 1. The van der Waals surface area contributed by atoms with Gasteiger partial charge in [-0.25, -0.2) is 0 Å². The number of nitrogens with zero attached hydrogens (tertiary/aromatic N) is 3. The Morgan fingerprint density at radius 2 is 2.27 bits per heavy atom. The average Bonchev–Trinajstić information content (AvgIpc) is 2.75. The maximum atomic E-state index is 4.25. The maximum absolute atomic E-state index is 4.25. The zero-order valence-electron chi connectivity index (χ0n) is 8.47. The average molecular weight is 220 g/mol. The van der Waals surface area contributed by atoms with E-state index in [1.807, 2.05) is 18.2 Å². The molecule has 0 radical (unpaired) electrons. The molecule has 0 fully saturated rings. The molecule has 0 unspecified atom stereocenters. The molecular formula is C10H12N4S. The predicted molar refractivity (Wildman–Crippen MR) is 61.9 cm³/mol. The lowest BCUT2D eigenvalue weighted by atomic mass is 10.3. The van der Waals surface area contributed by atoms with Crippen LogP contribution in [0.15, 0.2) is 24.4 Å². The SMILES string of the molecule is CCCNc1nsnc1-c1ccccn1. The maximum Gasteiger partial charge on any atom is 0.169 e. The van der Waals surface area contributed by atoms with Crippen LogP contribution < -0.4 is 5.32 Å². The van der Waals surface area contributed by atoms with Crippen molar-refractivity contribution in [3.63, 3.8) is 0 Å². The highest BCUT2D eigenvalue weighted by Gasteiger charge is 2.09. The molecule has 15 heavy (non-hydrogen) atoms. The Morgan fingerprint density at radius 1 is 1.33 bits per heavy atom. The van der Waals surface area contributed by atoms with Crippen LogP contribution in [0.25, 0.3) is 11.4 Å². The van der Waals surface area contributed by atoms with E-state index in [0.29, 0.717) is 0 Å². The molecule has 2 aromatic rings. The number of nitrogens with one attached hydrogen (secondary N) is 1. The number of pyridine rings is 1. The summed E-state index contributed by atoms with van der Waals surface area (Å²) >= 11 is 1.21. The Balaban J connectivity index is 2.25. The first-order valence-corrected chi connectivity index (χ1v) is 5.62. The van der Waals surface area contributed by atoms with Crippen LogP contribution in [0.5, 0.6) is 0 Å². The third kappa shape index (κ3) is 2.30. The van der Waals surface area contributed by atoms with Gasteiger partial charge in [-0.1, -0.05) is 13.0 Å². The molecule has 0 amide bonds. The molecular weight excluding hydrogens is 208 g/mol. The van der Waals surface area contributed by atoms with E-state index >= 15 is 0 Å². The summed E-state index contributed by atoms with van der Waals surface area (Å²) in [4.78, 5) is 4.25. The van der Waals surface area contributed by atoms with E-state index in [2.05, 4.69) is 26.0 Å². The van der Waals surface area contributed by atoms with E-state index in [9.17, 15) is 0 Å². The van der Waals surface area contributed by atoms with E-state index < -0.39 is 0 Å². The van der Waals surface area contributed by atoms with Gasteiger partial charge in [0.1, 0.15) is 5.69 Å². The quantitative estimate of drug-likeness (QED) is 0.859. The van der Waals surface area contributed by atoms with Crippen molar-refractivity contribution >= 4 is 17.5 Å². The van der Waals surface area contributed by atoms with Crippen molar-refractivity contribution in [1.82, 2.24) is 13.7 Å². The summed E-state index contributed by atoms with van der Waals surface area (Å²) in [6.45, 7) is 3.03. The van der Waals surface area contributed by atoms with Gasteiger partial charge in [0.2, 0.25) is 0 Å². The van der Waals surface area contributed by atoms with Gasteiger partial charge in [0.25, 0.3) is 0 Å². The summed E-state index contributed by atoms with van der Waals surface area (Å²) in [7, 11) is 0. The topological polar surface area (TPSA) is 50.7 Å². The monoisotopic (exact) mass is 220 g/mol. The van der Waals surface area contributed by atoms with Gasteiger partial charge in [0.15, 0.2) is 5.82 Å². The highest BCUT2D eigenvalue weighted by atomic mass is 32.1. The summed E-state index contributed by atoms with van der Waals surface area (Å²) in [5.74, 6) is 0.834. The Labute approximate surface area is 92.7 Å². The van der Waals surface area contributed by atoms with Gasteiger partial charge >= 0.3 is 0 Å². The molecule has 0 aliphatic rings. The van der Waals surface area contributed by atoms with Crippen molar-refractivity contribution in [1.29, 1.82) is 0 Å². The molecule has 2 rings (SSSR count). The van der Waals surface area contributed by atoms with Crippen LogP contribution in [0.4, 0.5) is 5.82 Å². The molecule has 0 saturated carbocycles. The third-order valence-electron chi connectivity index (χ3n) is 1.94. The van der Waals surface area contributed by atoms with E-state index in [1.165, 1.54) is 11.7 Å². The lowest BCUT2D eigenvalue weighted by Gasteiger charge is -2.02. The normalized spacial score (nSPS) is 10.2. The Morgan fingerprint density at radius 3 is 3.00 bits per heavy atom. The zero-order chi connectivity index (χ0) is 10.5. The van der Waals surface area contributed by atoms with Crippen molar-refractivity contribution in [2.24, 2.45) is 0 Å². The van der Waals surface area contributed by atoms with Crippen molar-refractivity contribution in [2.45, 2.75) is 13.3 Å². The second kappa shape index (κ2) is 4.84. The Kier molecular flexibility index (Phi) is 3.24. The zero-order valence-corrected chi connectivity index (χ0v) is 9.29. The van der Waals surface area contributed by atoms with E-state index in [4.69, 9.17) is 0 Å². The fourth-order valence-electron chi connectivity index (χ4n) is 1.22. The lowest BCUT2D eigenvalue weighted by molar-refractivity contribution is 0.974. The van der Waals surface area contributed by atoms with Crippen LogP contribution in [0, 0.1) is 0 Å². The number of hydrogen-bond acceptors (Lipinski definition) is 5. The van der Waals surface area contributed by atoms with Gasteiger partial charge in [-0.2, -0.15) is 8.75 Å². The summed E-state index contributed by atoms with van der Waals surface area (Å²) in [6.07, 6.45) is 2.83. The molecule has 0 aliphatic carbocycles. The van der Waals surface area contributed by atoms with Crippen molar-refractivity contribution in [3.05, 3.63) is 24.4 Å². The molecule has 0 aliphatic heterocycles. The van der Waals surface area contributed by atoms with Crippen LogP contribution in [-0.4, -0.2) is 20.3 Å². The molecule has 0 spiro atoms. The molecule has 5 heteroatoms. The highest BCUT2D eigenvalue weighted by Crippen LogP contribution is 2.23. The van der Waals surface area contributed by atoms with Gasteiger partial charge in [-0.05, 0) is 18.6 Å². The summed E-state index contributed by atoms with van der Waals surface area (Å²) in [6, 6.07) is 5.78. The second-order valence-electron chi connectivity index (χ2n) is 3.10. The summed E-state index contributed by atoms with van der Waals surface area (Å²) in [5, 5.41) is 3.24. The van der Waals surface area contributed by atoms with Crippen molar-refractivity contribution in [3.8, 4) is 11.4 Å². The largest absolute Gasteiger partial charge is 0.367 e. The molecule has 1 N–H and O–H groups in total. The van der Waals surface area contributed by atoms with Crippen LogP contribution in [0.2, 0.25) is 0 Å². The lowest BCUT2D eigenvalue weighted by Crippen LogP contribution is -2.01. The van der Waals surface area contributed by atoms with Gasteiger partial charge in [-0.15, -0.1) is 0 Å². The number of aromatic nitrogens is 3. The van der Waals surface area contributed by atoms with Gasteiger partial charge in [0, 0.05) is 12.7 Å². The first-order valence-electron chi connectivity index (χ1n) is 4.89. The standard InChI is InChI=1S/C10H12N4S/c1-2-6-12-10-9(13-15-14-10)8-5-3-4-7-11-8/h3-5,7H,2,6H2,1H3,(H,12,14). The van der Waals surface area contributed by atoms with Crippen LogP contribution >= 0.6 is 11.7 Å². The molecule has 0 aromatic carbocycles. The van der Waals surface area contributed by atoms with E-state index in [1.54, 1.807) is 6.20 Å². The molecule has 0 bridgehead atoms. The third-order valence-corrected chi connectivity index (χ3v) is 2.47. The minimum atomic E-state index is 0.834. The van der Waals surface area contributed by atoms with Crippen molar-refractivity contribution in [2.75, 3.05) is 11.9 Å². The Bertz CT molecular complexity index is 412. The first-order chi connectivity index (χ1) is 7.42. The number of rotatable bonds is 4. The molecule has 0 saturated heterocycles. The number of hydrogen-bond donors (Lipinski definition) is 1. The molecule has 4 nitrogen and oxygen atoms in total. The summed E-state index contributed by atoms with van der Waals surface area (Å²) in [5.41, 5.74) is 1.71. The summed E-state index contributed by atoms with van der Waals surface area (Å²) < 4.78 is 8.45. The fourth-order valence-corrected chi connectivity index (χ4v) is 1.75. The van der Waals surface area contributed by atoms with E-state index in [0.717, 1.165) is 30.2 Å². The van der Waals surface area contributed by atoms with Gasteiger partial charge < -0.3 is 5.32 Å². The second-order valence-corrected chi connectivity index (χ2v) is 3.63. The smallest absolute Gasteiger partial charge is 0.169 e. The van der Waals surface area contributed by atoms with Crippen LogP contribution in [0.1, 0.15) is 13.3 Å². The van der Waals surface area contributed by atoms with Crippen LogP contribution in [0.3, 0.4) is 0 Å². The van der Waals surface area contributed by atoms with Crippen LogP contribution in [-0.2, 0) is 0 Å². The molecule has 2 heterocycles. The van der Waals surface area contributed by atoms with E-state index in [-0.39, 0.29) is 0 Å². The first kappa shape index (κ1) is 10.0. The fraction of sp³-hybridized carbons (Fsp3) is 0.300. The molecule has 0 atom stereocenters. The predicted octanol–water partition coefficient (Wildman–Crippen LogP) is 2.42. The Hall–Kier alpha value is -1.49. The van der Waals surface area contributed by atoms with Gasteiger partial charge in [-0.3, -0.25) is 4.98 Å². The minimum Gasteiger partial charge on any atom is -0.367 e. The minimum absolute atomic E-state index is 0.834. The van der Waals surface area contributed by atoms with Gasteiger partial charge in [0.05, 0.1) is 17.4 Å². The van der Waals surface area contributed by atoms with Crippen molar-refractivity contribution < 1.29 is 0 Å². The molecule has 78 valence electrons.